The molecule has 0 radical (unpaired) electrons. The van der Waals surface area contributed by atoms with Crippen LogP contribution in [0.4, 0.5) is 0 Å². The second-order valence-electron chi connectivity index (χ2n) is 9.04. The van der Waals surface area contributed by atoms with Crippen molar-refractivity contribution >= 4 is 5.91 Å². The van der Waals surface area contributed by atoms with Crippen molar-refractivity contribution in [3.05, 3.63) is 46.3 Å². The number of likely N-dealkylation sites (tertiary alicyclic amines) is 1. The summed E-state index contributed by atoms with van der Waals surface area (Å²) in [6.07, 6.45) is 3.64. The van der Waals surface area contributed by atoms with E-state index >= 15 is 0 Å². The third kappa shape index (κ3) is 3.86. The Morgan fingerprint density at radius 1 is 0.971 bits per heavy atom. The number of benzene rings is 1. The second-order valence-corrected chi connectivity index (χ2v) is 9.04. The number of nitrogens with zero attached hydrogens (tertiary/aromatic N) is 6. The molecule has 3 aromatic rings. The molecule has 1 amide bonds. The van der Waals surface area contributed by atoms with Crippen molar-refractivity contribution in [3.8, 4) is 22.8 Å². The van der Waals surface area contributed by atoms with Crippen molar-refractivity contribution in [1.82, 2.24) is 29.0 Å². The van der Waals surface area contributed by atoms with E-state index in [0.29, 0.717) is 36.0 Å². The minimum Gasteiger partial charge on any atom is -0.497 e. The van der Waals surface area contributed by atoms with Gasteiger partial charge in [0, 0.05) is 44.7 Å². The lowest BCUT2D eigenvalue weighted by Crippen LogP contribution is -2.39. The number of piperidine rings is 1. The molecule has 1 saturated heterocycles. The summed E-state index contributed by atoms with van der Waals surface area (Å²) in [5.41, 5.74) is 1.90. The van der Waals surface area contributed by atoms with Crippen LogP contribution in [0.15, 0.2) is 29.1 Å². The first kappa shape index (κ1) is 22.2. The molecule has 2 aliphatic rings. The summed E-state index contributed by atoms with van der Waals surface area (Å²) >= 11 is 0. The number of ether oxygens (including phenoxy) is 2. The minimum atomic E-state index is -0.0535. The summed E-state index contributed by atoms with van der Waals surface area (Å²) < 4.78 is 15.8. The molecule has 10 heteroatoms. The highest BCUT2D eigenvalue weighted by Crippen LogP contribution is 2.38. The fourth-order valence-corrected chi connectivity index (χ4v) is 4.77. The Morgan fingerprint density at radius 2 is 1.71 bits per heavy atom. The minimum absolute atomic E-state index is 0.0357. The molecule has 5 rings (SSSR count). The van der Waals surface area contributed by atoms with Crippen LogP contribution in [0.3, 0.4) is 0 Å². The van der Waals surface area contributed by atoms with Crippen molar-refractivity contribution in [2.75, 3.05) is 27.3 Å². The molecule has 180 valence electrons. The molecule has 3 heterocycles. The smallest absolute Gasteiger partial charge is 0.345 e. The predicted octanol–water partition coefficient (Wildman–Crippen LogP) is 2.35. The first-order chi connectivity index (χ1) is 16.4. The summed E-state index contributed by atoms with van der Waals surface area (Å²) in [4.78, 5) is 27.7. The monoisotopic (exact) mass is 466 g/mol. The van der Waals surface area contributed by atoms with Crippen LogP contribution in [-0.4, -0.2) is 62.2 Å². The van der Waals surface area contributed by atoms with Gasteiger partial charge in [0.2, 0.25) is 0 Å². The Hall–Kier alpha value is -3.56. The van der Waals surface area contributed by atoms with Crippen LogP contribution in [-0.2, 0) is 14.1 Å². The lowest BCUT2D eigenvalue weighted by Gasteiger charge is -2.31. The molecule has 10 nitrogen and oxygen atoms in total. The Morgan fingerprint density at radius 3 is 2.35 bits per heavy atom. The molecule has 0 bridgehead atoms. The number of rotatable bonds is 6. The summed E-state index contributed by atoms with van der Waals surface area (Å²) in [6.45, 7) is 1.23. The summed E-state index contributed by atoms with van der Waals surface area (Å²) in [5, 5.41) is 9.11. The molecule has 1 aliphatic heterocycles. The van der Waals surface area contributed by atoms with E-state index in [9.17, 15) is 9.59 Å². The molecule has 2 fully saturated rings. The lowest BCUT2D eigenvalue weighted by molar-refractivity contribution is 0.0699. The largest absolute Gasteiger partial charge is 0.497 e. The van der Waals surface area contributed by atoms with Gasteiger partial charge in [0.25, 0.3) is 5.91 Å². The second kappa shape index (κ2) is 8.66. The van der Waals surface area contributed by atoms with E-state index in [1.807, 2.05) is 27.7 Å². The highest BCUT2D eigenvalue weighted by atomic mass is 16.5. The third-order valence-electron chi connectivity index (χ3n) is 6.82. The molecule has 34 heavy (non-hydrogen) atoms. The van der Waals surface area contributed by atoms with Gasteiger partial charge in [0.05, 0.1) is 19.9 Å². The number of carbonyl (C=O) groups is 1. The zero-order chi connectivity index (χ0) is 24.0. The lowest BCUT2D eigenvalue weighted by atomic mass is 9.95. The van der Waals surface area contributed by atoms with Gasteiger partial charge in [-0.15, -0.1) is 0 Å². The predicted molar refractivity (Wildman–Crippen MR) is 125 cm³/mol. The van der Waals surface area contributed by atoms with Crippen LogP contribution >= 0.6 is 0 Å². The molecule has 1 aromatic carbocycles. The van der Waals surface area contributed by atoms with Gasteiger partial charge in [-0.1, -0.05) is 0 Å². The van der Waals surface area contributed by atoms with Crippen LogP contribution in [0.5, 0.6) is 11.5 Å². The number of methoxy groups -OCH3 is 2. The van der Waals surface area contributed by atoms with E-state index in [0.717, 1.165) is 37.1 Å². The number of hydrogen-bond donors (Lipinski definition) is 0. The van der Waals surface area contributed by atoms with E-state index < -0.39 is 0 Å². The van der Waals surface area contributed by atoms with E-state index in [1.54, 1.807) is 39.1 Å². The van der Waals surface area contributed by atoms with Crippen LogP contribution in [0, 0.1) is 0 Å². The van der Waals surface area contributed by atoms with Gasteiger partial charge in [-0.25, -0.2) is 9.48 Å². The molecular formula is C24H30N6O4. The normalized spacial score (nSPS) is 16.6. The number of aryl methyl sites for hydroxylation is 2. The first-order valence-corrected chi connectivity index (χ1v) is 11.6. The van der Waals surface area contributed by atoms with Crippen LogP contribution < -0.4 is 15.2 Å². The topological polar surface area (TPSA) is 96.4 Å². The van der Waals surface area contributed by atoms with Crippen LogP contribution in [0.25, 0.3) is 11.3 Å². The van der Waals surface area contributed by atoms with Crippen molar-refractivity contribution in [2.24, 2.45) is 14.1 Å². The van der Waals surface area contributed by atoms with Gasteiger partial charge in [-0.3, -0.25) is 14.0 Å². The van der Waals surface area contributed by atoms with Gasteiger partial charge < -0.3 is 14.4 Å². The van der Waals surface area contributed by atoms with Gasteiger partial charge >= 0.3 is 5.69 Å². The average Bonchev–Trinajstić information content (AvgIpc) is 3.55. The number of carbonyl (C=O) groups excluding carboxylic acids is 1. The Bertz CT molecular complexity index is 1280. The fraction of sp³-hybridized carbons (Fsp3) is 0.500. The maximum absolute atomic E-state index is 13.4. The molecular weight excluding hydrogens is 436 g/mol. The summed E-state index contributed by atoms with van der Waals surface area (Å²) in [6, 6.07) is 7.60. The molecule has 0 N–H and O–H groups in total. The van der Waals surface area contributed by atoms with Crippen molar-refractivity contribution in [2.45, 2.75) is 37.6 Å². The van der Waals surface area contributed by atoms with Crippen molar-refractivity contribution < 1.29 is 14.3 Å². The van der Waals surface area contributed by atoms with E-state index in [2.05, 4.69) is 10.2 Å². The zero-order valence-corrected chi connectivity index (χ0v) is 20.0. The van der Waals surface area contributed by atoms with Gasteiger partial charge in [0.15, 0.2) is 0 Å². The fourth-order valence-electron chi connectivity index (χ4n) is 4.77. The Kier molecular flexibility index (Phi) is 5.66. The molecule has 0 unspecified atom stereocenters. The number of aromatic nitrogens is 5. The quantitative estimate of drug-likeness (QED) is 0.553. The first-order valence-electron chi connectivity index (χ1n) is 11.6. The van der Waals surface area contributed by atoms with Crippen molar-refractivity contribution in [1.29, 1.82) is 0 Å². The maximum Gasteiger partial charge on any atom is 0.345 e. The summed E-state index contributed by atoms with van der Waals surface area (Å²) in [5.74, 6) is 2.35. The van der Waals surface area contributed by atoms with E-state index in [-0.39, 0.29) is 23.6 Å². The molecule has 2 aromatic heterocycles. The van der Waals surface area contributed by atoms with Gasteiger partial charge in [-0.05, 0) is 49.9 Å². The van der Waals surface area contributed by atoms with Gasteiger partial charge in [0.1, 0.15) is 23.0 Å². The number of amides is 1. The molecule has 1 aliphatic carbocycles. The Labute approximate surface area is 197 Å². The molecule has 0 spiro atoms. The standard InChI is InChI=1S/C24H30N6O4/c1-27-20(14-19(25-27)18-13-17(33-3)7-8-21(18)34-4)23(31)29-11-9-15(10-12-29)22-26-28(2)24(32)30(22)16-5-6-16/h7-8,13-16H,5-6,9-12H2,1-4H3. The highest BCUT2D eigenvalue weighted by Gasteiger charge is 2.34. The number of hydrogen-bond acceptors (Lipinski definition) is 6. The average molecular weight is 467 g/mol. The zero-order valence-electron chi connectivity index (χ0n) is 20.0. The summed E-state index contributed by atoms with van der Waals surface area (Å²) in [7, 11) is 6.70. The SMILES string of the molecule is COc1ccc(OC)c(-c2cc(C(=O)N3CCC(c4nn(C)c(=O)n4C4CC4)CC3)n(C)n2)c1. The molecule has 0 atom stereocenters. The molecule has 1 saturated carbocycles. The highest BCUT2D eigenvalue weighted by molar-refractivity contribution is 5.94. The van der Waals surface area contributed by atoms with E-state index in [1.165, 1.54) is 4.68 Å². The maximum atomic E-state index is 13.4. The Balaban J connectivity index is 1.33. The van der Waals surface area contributed by atoms with Crippen LogP contribution in [0.1, 0.15) is 54.0 Å². The van der Waals surface area contributed by atoms with Gasteiger partial charge in [-0.2, -0.15) is 10.2 Å². The van der Waals surface area contributed by atoms with Crippen LogP contribution in [0.2, 0.25) is 0 Å². The van der Waals surface area contributed by atoms with E-state index in [4.69, 9.17) is 9.47 Å². The van der Waals surface area contributed by atoms with Crippen molar-refractivity contribution in [3.63, 3.8) is 0 Å². The third-order valence-corrected chi connectivity index (χ3v) is 6.82.